The van der Waals surface area contributed by atoms with Crippen molar-refractivity contribution in [3.8, 4) is 0 Å². The lowest BCUT2D eigenvalue weighted by atomic mass is 9.43. The highest BCUT2D eigenvalue weighted by Crippen LogP contribution is 2.67. The van der Waals surface area contributed by atoms with Crippen LogP contribution in [0.5, 0.6) is 0 Å². The molecule has 2 N–H and O–H groups in total. The van der Waals surface area contributed by atoms with Crippen molar-refractivity contribution >= 4 is 11.9 Å². The minimum absolute atomic E-state index is 0.0450. The van der Waals surface area contributed by atoms with Crippen molar-refractivity contribution in [2.45, 2.75) is 103 Å². The number of aliphatic hydroxyl groups excluding tert-OH is 1. The Morgan fingerprint density at radius 3 is 2.28 bits per heavy atom. The summed E-state index contributed by atoms with van der Waals surface area (Å²) in [5, 5.41) is 22.9. The number of hydrogen-bond donors (Lipinski definition) is 2. The smallest absolute Gasteiger partial charge is 0.302 e. The van der Waals surface area contributed by atoms with Gasteiger partial charge in [-0.15, -0.1) is 0 Å². The molecule has 0 aromatic rings. The van der Waals surface area contributed by atoms with Gasteiger partial charge in [0, 0.05) is 31.1 Å². The summed E-state index contributed by atoms with van der Waals surface area (Å²) in [4.78, 5) is 23.0. The first-order valence-corrected chi connectivity index (χ1v) is 11.3. The Balaban J connectivity index is 1.60. The third-order valence-corrected chi connectivity index (χ3v) is 9.37. The first kappa shape index (κ1) is 21.1. The Morgan fingerprint density at radius 1 is 0.931 bits per heavy atom. The number of carbonyl (C=O) groups excluding carboxylic acids is 2. The van der Waals surface area contributed by atoms with E-state index in [1.807, 2.05) is 0 Å². The molecule has 0 heterocycles. The average molecular weight is 409 g/mol. The molecule has 9 atom stereocenters. The first-order chi connectivity index (χ1) is 13.5. The fourth-order valence-electron chi connectivity index (χ4n) is 7.92. The van der Waals surface area contributed by atoms with Crippen molar-refractivity contribution in [3.63, 3.8) is 0 Å². The molecule has 4 aliphatic carbocycles. The number of carbonyl (C=O) groups is 2. The van der Waals surface area contributed by atoms with Crippen LogP contribution in [0.1, 0.15) is 79.1 Å². The van der Waals surface area contributed by atoms with Crippen LogP contribution in [0.3, 0.4) is 0 Å². The summed E-state index contributed by atoms with van der Waals surface area (Å²) in [5.41, 5.74) is -1.67. The van der Waals surface area contributed by atoms with Gasteiger partial charge >= 0.3 is 11.9 Å². The van der Waals surface area contributed by atoms with E-state index in [1.54, 1.807) is 0 Å². The molecular formula is C23H36O6. The molecule has 0 aromatic carbocycles. The molecule has 29 heavy (non-hydrogen) atoms. The molecule has 9 unspecified atom stereocenters. The fourth-order valence-corrected chi connectivity index (χ4v) is 7.92. The molecule has 4 rings (SSSR count). The zero-order valence-corrected chi connectivity index (χ0v) is 18.1. The third-order valence-electron chi connectivity index (χ3n) is 9.37. The van der Waals surface area contributed by atoms with E-state index in [0.717, 1.165) is 38.5 Å². The predicted octanol–water partition coefficient (Wildman–Crippen LogP) is 2.98. The van der Waals surface area contributed by atoms with E-state index in [9.17, 15) is 19.8 Å². The second-order valence-corrected chi connectivity index (χ2v) is 10.7. The SMILES string of the molecule is CC(=O)OC1CCC2(C)C3CCC4(C)C(OC(C)=O)CCC4C3CC(O)C2(O)C1. The van der Waals surface area contributed by atoms with Crippen LogP contribution >= 0.6 is 0 Å². The summed E-state index contributed by atoms with van der Waals surface area (Å²) >= 11 is 0. The lowest BCUT2D eigenvalue weighted by Gasteiger charge is -2.65. The van der Waals surface area contributed by atoms with Gasteiger partial charge in [-0.25, -0.2) is 0 Å². The number of aliphatic hydroxyl groups is 2. The number of fused-ring (bicyclic) bond motifs is 5. The van der Waals surface area contributed by atoms with Crippen LogP contribution in [0.4, 0.5) is 0 Å². The molecular weight excluding hydrogens is 372 g/mol. The molecule has 0 bridgehead atoms. The summed E-state index contributed by atoms with van der Waals surface area (Å²) in [6.45, 7) is 7.27. The number of rotatable bonds is 2. The quantitative estimate of drug-likeness (QED) is 0.683. The van der Waals surface area contributed by atoms with Crippen LogP contribution in [0.25, 0.3) is 0 Å². The third kappa shape index (κ3) is 3.04. The Kier molecular flexibility index (Phi) is 5.05. The van der Waals surface area contributed by atoms with Gasteiger partial charge in [-0.1, -0.05) is 13.8 Å². The standard InChI is InChI=1S/C23H36O6/c1-13(24)28-15-7-10-22(4)18-8-9-21(3)17(5-6-20(21)29-14(2)25)16(18)11-19(26)23(22,27)12-15/h15-20,26-27H,5-12H2,1-4H3. The average Bonchev–Trinajstić information content (AvgIpc) is 2.93. The first-order valence-electron chi connectivity index (χ1n) is 11.3. The second kappa shape index (κ2) is 6.94. The molecule has 0 aliphatic heterocycles. The Morgan fingerprint density at radius 2 is 1.62 bits per heavy atom. The van der Waals surface area contributed by atoms with Crippen LogP contribution in [0.15, 0.2) is 0 Å². The highest BCUT2D eigenvalue weighted by atomic mass is 16.5. The normalized spacial score (nSPS) is 51.4. The summed E-state index contributed by atoms with van der Waals surface area (Å²) < 4.78 is 11.1. The van der Waals surface area contributed by atoms with Crippen molar-refractivity contribution < 1.29 is 29.3 Å². The Hall–Kier alpha value is -1.14. The summed E-state index contributed by atoms with van der Waals surface area (Å²) in [6.07, 6.45) is 4.99. The predicted molar refractivity (Wildman–Crippen MR) is 106 cm³/mol. The molecule has 0 amide bonds. The van der Waals surface area contributed by atoms with E-state index in [0.29, 0.717) is 30.6 Å². The molecule has 164 valence electrons. The number of hydrogen-bond acceptors (Lipinski definition) is 6. The minimum Gasteiger partial charge on any atom is -0.462 e. The molecule has 4 aliphatic rings. The highest BCUT2D eigenvalue weighted by molar-refractivity contribution is 5.66. The van der Waals surface area contributed by atoms with Crippen molar-refractivity contribution in [2.75, 3.05) is 0 Å². The Labute approximate surface area is 173 Å². The highest BCUT2D eigenvalue weighted by Gasteiger charge is 2.68. The van der Waals surface area contributed by atoms with Gasteiger partial charge in [-0.2, -0.15) is 0 Å². The molecule has 6 nitrogen and oxygen atoms in total. The van der Waals surface area contributed by atoms with E-state index in [-0.39, 0.29) is 29.6 Å². The zero-order valence-electron chi connectivity index (χ0n) is 18.1. The molecule has 0 aromatic heterocycles. The van der Waals surface area contributed by atoms with Gasteiger partial charge in [0.1, 0.15) is 12.2 Å². The van der Waals surface area contributed by atoms with Crippen LogP contribution in [0.2, 0.25) is 0 Å². The van der Waals surface area contributed by atoms with Gasteiger partial charge in [-0.3, -0.25) is 9.59 Å². The van der Waals surface area contributed by atoms with Gasteiger partial charge in [0.25, 0.3) is 0 Å². The Bertz CT molecular complexity index is 693. The van der Waals surface area contributed by atoms with Gasteiger partial charge in [-0.05, 0) is 62.7 Å². The zero-order chi connectivity index (χ0) is 21.2. The van der Waals surface area contributed by atoms with E-state index in [4.69, 9.17) is 9.47 Å². The summed E-state index contributed by atoms with van der Waals surface area (Å²) in [7, 11) is 0. The number of ether oxygens (including phenoxy) is 2. The van der Waals surface area contributed by atoms with Crippen LogP contribution in [-0.4, -0.2) is 46.1 Å². The molecule has 4 saturated carbocycles. The molecule has 0 spiro atoms. The topological polar surface area (TPSA) is 93.1 Å². The van der Waals surface area contributed by atoms with Crippen molar-refractivity contribution in [3.05, 3.63) is 0 Å². The maximum absolute atomic E-state index is 11.7. The van der Waals surface area contributed by atoms with E-state index >= 15 is 0 Å². The second-order valence-electron chi connectivity index (χ2n) is 10.7. The van der Waals surface area contributed by atoms with Crippen LogP contribution in [-0.2, 0) is 19.1 Å². The van der Waals surface area contributed by atoms with Gasteiger partial charge in [0.05, 0.1) is 11.7 Å². The summed E-state index contributed by atoms with van der Waals surface area (Å²) in [5.74, 6) is 0.491. The number of esters is 2. The molecule has 4 fully saturated rings. The van der Waals surface area contributed by atoms with Gasteiger partial charge < -0.3 is 19.7 Å². The van der Waals surface area contributed by atoms with E-state index < -0.39 is 17.1 Å². The largest absolute Gasteiger partial charge is 0.462 e. The minimum atomic E-state index is -1.23. The van der Waals surface area contributed by atoms with E-state index in [1.165, 1.54) is 13.8 Å². The molecule has 0 radical (unpaired) electrons. The van der Waals surface area contributed by atoms with Crippen LogP contribution in [0, 0.1) is 28.6 Å². The maximum Gasteiger partial charge on any atom is 0.302 e. The molecule has 0 saturated heterocycles. The fraction of sp³-hybridized carbons (Fsp3) is 0.913. The lowest BCUT2D eigenvalue weighted by Crippen LogP contribution is -2.68. The van der Waals surface area contributed by atoms with Crippen molar-refractivity contribution in [1.82, 2.24) is 0 Å². The monoisotopic (exact) mass is 408 g/mol. The van der Waals surface area contributed by atoms with E-state index in [2.05, 4.69) is 13.8 Å². The van der Waals surface area contributed by atoms with Crippen molar-refractivity contribution in [2.24, 2.45) is 28.6 Å². The van der Waals surface area contributed by atoms with Crippen LogP contribution < -0.4 is 0 Å². The maximum atomic E-state index is 11.7. The summed E-state index contributed by atoms with van der Waals surface area (Å²) in [6, 6.07) is 0. The lowest BCUT2D eigenvalue weighted by molar-refractivity contribution is -0.267. The van der Waals surface area contributed by atoms with Gasteiger partial charge in [0.15, 0.2) is 0 Å². The molecule has 6 heteroatoms. The van der Waals surface area contributed by atoms with Gasteiger partial charge in [0.2, 0.25) is 0 Å². The van der Waals surface area contributed by atoms with Crippen molar-refractivity contribution in [1.29, 1.82) is 0 Å².